The van der Waals surface area contributed by atoms with Gasteiger partial charge in [-0.3, -0.25) is 0 Å². The Bertz CT molecular complexity index is 441. The fourth-order valence-electron chi connectivity index (χ4n) is 3.00. The normalized spacial score (nSPS) is 31.9. The zero-order valence-corrected chi connectivity index (χ0v) is 11.0. The molecular formula is C11H15BrN4O. The fourth-order valence-corrected chi connectivity index (χ4v) is 3.46. The minimum Gasteiger partial charge on any atom is -0.393 e. The largest absolute Gasteiger partial charge is 0.393 e. The third kappa shape index (κ3) is 1.79. The van der Waals surface area contributed by atoms with Crippen molar-refractivity contribution in [3.8, 4) is 0 Å². The summed E-state index contributed by atoms with van der Waals surface area (Å²) in [6.07, 6.45) is 3.39. The number of nitrogens with two attached hydrogens (primary N) is 1. The number of halogens is 1. The number of nitrogen functional groups attached to an aromatic ring is 1. The molecule has 1 saturated heterocycles. The quantitative estimate of drug-likeness (QED) is 0.810. The maximum atomic E-state index is 9.89. The van der Waals surface area contributed by atoms with Gasteiger partial charge in [0.05, 0.1) is 6.10 Å². The Morgan fingerprint density at radius 3 is 2.94 bits per heavy atom. The molecule has 1 saturated carbocycles. The van der Waals surface area contributed by atoms with Gasteiger partial charge in [-0.05, 0) is 34.7 Å². The number of rotatable bonds is 1. The molecule has 3 N–H and O–H groups in total. The molecule has 3 atom stereocenters. The lowest BCUT2D eigenvalue weighted by molar-refractivity contribution is 0.133. The second-order valence-corrected chi connectivity index (χ2v) is 5.66. The van der Waals surface area contributed by atoms with Crippen LogP contribution in [0.1, 0.15) is 12.8 Å². The van der Waals surface area contributed by atoms with Gasteiger partial charge in [0.1, 0.15) is 22.4 Å². The lowest BCUT2D eigenvalue weighted by atomic mass is 10.00. The molecule has 0 aromatic carbocycles. The zero-order chi connectivity index (χ0) is 12.0. The molecule has 2 aliphatic rings. The minimum atomic E-state index is -0.150. The third-order valence-corrected chi connectivity index (χ3v) is 4.68. The van der Waals surface area contributed by atoms with Gasteiger partial charge in [-0.1, -0.05) is 0 Å². The molecule has 1 aromatic heterocycles. The molecule has 2 heterocycles. The summed E-state index contributed by atoms with van der Waals surface area (Å²) in [5.74, 6) is 2.29. The average Bonchev–Trinajstić information content (AvgIpc) is 2.85. The van der Waals surface area contributed by atoms with Gasteiger partial charge in [0, 0.05) is 19.0 Å². The van der Waals surface area contributed by atoms with Crippen molar-refractivity contribution in [1.82, 2.24) is 9.97 Å². The molecule has 1 aliphatic carbocycles. The Labute approximate surface area is 108 Å². The highest BCUT2D eigenvalue weighted by atomic mass is 79.9. The van der Waals surface area contributed by atoms with E-state index >= 15 is 0 Å². The van der Waals surface area contributed by atoms with Crippen molar-refractivity contribution in [2.75, 3.05) is 23.7 Å². The number of hydrogen-bond donors (Lipinski definition) is 2. The Balaban J connectivity index is 1.85. The van der Waals surface area contributed by atoms with Crippen LogP contribution in [0.3, 0.4) is 0 Å². The number of hydrogen-bond acceptors (Lipinski definition) is 5. The number of aliphatic hydroxyl groups excluding tert-OH is 1. The van der Waals surface area contributed by atoms with E-state index in [1.165, 1.54) is 6.33 Å². The summed E-state index contributed by atoms with van der Waals surface area (Å²) >= 11 is 3.43. The van der Waals surface area contributed by atoms with E-state index in [9.17, 15) is 5.11 Å². The molecule has 0 radical (unpaired) electrons. The maximum absolute atomic E-state index is 9.89. The molecule has 3 rings (SSSR count). The van der Waals surface area contributed by atoms with Crippen molar-refractivity contribution < 1.29 is 5.11 Å². The second-order valence-electron chi connectivity index (χ2n) is 4.87. The topological polar surface area (TPSA) is 75.3 Å². The summed E-state index contributed by atoms with van der Waals surface area (Å²) in [4.78, 5) is 10.4. The van der Waals surface area contributed by atoms with E-state index in [0.29, 0.717) is 17.7 Å². The van der Waals surface area contributed by atoms with Crippen molar-refractivity contribution in [2.45, 2.75) is 18.9 Å². The van der Waals surface area contributed by atoms with E-state index in [0.717, 1.165) is 36.2 Å². The third-order valence-electron chi connectivity index (χ3n) is 3.92. The minimum absolute atomic E-state index is 0.150. The maximum Gasteiger partial charge on any atom is 0.148 e. The smallest absolute Gasteiger partial charge is 0.148 e. The first-order chi connectivity index (χ1) is 8.16. The predicted octanol–water partition coefficient (Wildman–Crippen LogP) is 1.03. The van der Waals surface area contributed by atoms with Gasteiger partial charge < -0.3 is 15.7 Å². The zero-order valence-electron chi connectivity index (χ0n) is 9.38. The lowest BCUT2D eigenvalue weighted by Gasteiger charge is -2.20. The summed E-state index contributed by atoms with van der Waals surface area (Å²) < 4.78 is 0.759. The first kappa shape index (κ1) is 11.2. The standard InChI is InChI=1S/C11H15BrN4O/c12-9-10(13)14-5-15-11(9)16-3-6-1-2-8(17)7(6)4-16/h5-8,17H,1-4H2,(H2,13,14,15). The van der Waals surface area contributed by atoms with Crippen LogP contribution in [0.4, 0.5) is 11.6 Å². The Hall–Kier alpha value is -0.880. The van der Waals surface area contributed by atoms with Gasteiger partial charge in [0.25, 0.3) is 0 Å². The Morgan fingerprint density at radius 1 is 1.35 bits per heavy atom. The molecule has 1 aromatic rings. The van der Waals surface area contributed by atoms with Crippen LogP contribution in [-0.4, -0.2) is 34.3 Å². The van der Waals surface area contributed by atoms with E-state index in [1.807, 2.05) is 0 Å². The van der Waals surface area contributed by atoms with Crippen LogP contribution in [0.5, 0.6) is 0 Å². The van der Waals surface area contributed by atoms with Crippen LogP contribution < -0.4 is 10.6 Å². The first-order valence-corrected chi connectivity index (χ1v) is 6.65. The van der Waals surface area contributed by atoms with Gasteiger partial charge in [-0.2, -0.15) is 0 Å². The molecule has 1 aliphatic heterocycles. The fraction of sp³-hybridized carbons (Fsp3) is 0.636. The molecule has 5 nitrogen and oxygen atoms in total. The molecule has 17 heavy (non-hydrogen) atoms. The summed E-state index contributed by atoms with van der Waals surface area (Å²) in [6.45, 7) is 1.82. The van der Waals surface area contributed by atoms with E-state index in [4.69, 9.17) is 5.73 Å². The molecule has 92 valence electrons. The van der Waals surface area contributed by atoms with Crippen LogP contribution in [-0.2, 0) is 0 Å². The van der Waals surface area contributed by atoms with Crippen LogP contribution in [0.15, 0.2) is 10.8 Å². The summed E-state index contributed by atoms with van der Waals surface area (Å²) in [5.41, 5.74) is 5.76. The molecule has 0 amide bonds. The molecule has 6 heteroatoms. The molecule has 0 bridgehead atoms. The number of nitrogens with zero attached hydrogens (tertiary/aromatic N) is 3. The van der Waals surface area contributed by atoms with Crippen molar-refractivity contribution in [1.29, 1.82) is 0 Å². The summed E-state index contributed by atoms with van der Waals surface area (Å²) in [5, 5.41) is 9.89. The summed E-state index contributed by atoms with van der Waals surface area (Å²) in [7, 11) is 0. The average molecular weight is 299 g/mol. The van der Waals surface area contributed by atoms with Gasteiger partial charge in [-0.15, -0.1) is 0 Å². The second kappa shape index (κ2) is 4.10. The molecule has 2 fully saturated rings. The van der Waals surface area contributed by atoms with Crippen LogP contribution in [0.2, 0.25) is 0 Å². The van der Waals surface area contributed by atoms with Gasteiger partial charge >= 0.3 is 0 Å². The van der Waals surface area contributed by atoms with Crippen molar-refractivity contribution in [3.05, 3.63) is 10.8 Å². The van der Waals surface area contributed by atoms with Crippen molar-refractivity contribution >= 4 is 27.6 Å². The van der Waals surface area contributed by atoms with Crippen molar-refractivity contribution in [2.24, 2.45) is 11.8 Å². The van der Waals surface area contributed by atoms with E-state index in [2.05, 4.69) is 30.8 Å². The Morgan fingerprint density at radius 2 is 2.18 bits per heavy atom. The van der Waals surface area contributed by atoms with E-state index in [-0.39, 0.29) is 6.10 Å². The highest BCUT2D eigenvalue weighted by Gasteiger charge is 2.42. The van der Waals surface area contributed by atoms with Gasteiger partial charge in [0.2, 0.25) is 0 Å². The number of aliphatic hydroxyl groups is 1. The number of aromatic nitrogens is 2. The first-order valence-electron chi connectivity index (χ1n) is 5.86. The van der Waals surface area contributed by atoms with Gasteiger partial charge in [0.15, 0.2) is 0 Å². The van der Waals surface area contributed by atoms with Gasteiger partial charge in [-0.25, -0.2) is 9.97 Å². The summed E-state index contributed by atoms with van der Waals surface area (Å²) in [6, 6.07) is 0. The van der Waals surface area contributed by atoms with Crippen molar-refractivity contribution in [3.63, 3.8) is 0 Å². The molecule has 3 unspecified atom stereocenters. The SMILES string of the molecule is Nc1ncnc(N2CC3CCC(O)C3C2)c1Br. The lowest BCUT2D eigenvalue weighted by Crippen LogP contribution is -2.25. The Kier molecular flexibility index (Phi) is 2.71. The van der Waals surface area contributed by atoms with Crippen LogP contribution in [0.25, 0.3) is 0 Å². The highest BCUT2D eigenvalue weighted by Crippen LogP contribution is 2.41. The predicted molar refractivity (Wildman–Crippen MR) is 68.6 cm³/mol. The van der Waals surface area contributed by atoms with E-state index in [1.54, 1.807) is 0 Å². The van der Waals surface area contributed by atoms with Crippen LogP contribution >= 0.6 is 15.9 Å². The van der Waals surface area contributed by atoms with Crippen LogP contribution in [0, 0.1) is 11.8 Å². The molecular weight excluding hydrogens is 284 g/mol. The number of anilines is 2. The highest BCUT2D eigenvalue weighted by molar-refractivity contribution is 9.10. The number of fused-ring (bicyclic) bond motifs is 1. The molecule has 0 spiro atoms. The monoisotopic (exact) mass is 298 g/mol. The van der Waals surface area contributed by atoms with E-state index < -0.39 is 0 Å².